The molecule has 0 aromatic heterocycles. The Morgan fingerprint density at radius 2 is 1.85 bits per heavy atom. The van der Waals surface area contributed by atoms with Crippen molar-refractivity contribution in [1.29, 1.82) is 0 Å². The molecule has 1 aliphatic carbocycles. The number of nitrogens with one attached hydrogen (secondary N) is 1. The summed E-state index contributed by atoms with van der Waals surface area (Å²) in [6.45, 7) is 13.8. The smallest absolute Gasteiger partial charge is 0.0558 e. The van der Waals surface area contributed by atoms with Crippen molar-refractivity contribution in [3.05, 3.63) is 0 Å². The zero-order valence-electron chi connectivity index (χ0n) is 14.1. The van der Waals surface area contributed by atoms with Gasteiger partial charge < -0.3 is 15.3 Å². The van der Waals surface area contributed by atoms with E-state index in [1.54, 1.807) is 0 Å². The van der Waals surface area contributed by atoms with Crippen LogP contribution >= 0.6 is 0 Å². The topological polar surface area (TPSA) is 35.5 Å². The van der Waals surface area contributed by atoms with Crippen LogP contribution in [0.2, 0.25) is 0 Å². The molecule has 0 aliphatic heterocycles. The molecule has 3 heteroatoms. The molecule has 120 valence electrons. The first kappa shape index (κ1) is 17.9. The lowest BCUT2D eigenvalue weighted by molar-refractivity contribution is 0.0908. The van der Waals surface area contributed by atoms with E-state index >= 15 is 0 Å². The van der Waals surface area contributed by atoms with Crippen LogP contribution < -0.4 is 5.32 Å². The van der Waals surface area contributed by atoms with Crippen molar-refractivity contribution in [1.82, 2.24) is 10.2 Å². The molecule has 0 radical (unpaired) electrons. The highest BCUT2D eigenvalue weighted by Gasteiger charge is 2.34. The van der Waals surface area contributed by atoms with Gasteiger partial charge in [-0.15, -0.1) is 0 Å². The van der Waals surface area contributed by atoms with Crippen LogP contribution in [0.4, 0.5) is 0 Å². The molecule has 1 saturated carbocycles. The van der Waals surface area contributed by atoms with Gasteiger partial charge in [-0.1, -0.05) is 27.7 Å². The summed E-state index contributed by atoms with van der Waals surface area (Å²) in [6.07, 6.45) is 5.05. The summed E-state index contributed by atoms with van der Waals surface area (Å²) in [5.41, 5.74) is 0. The molecule has 0 aromatic rings. The monoisotopic (exact) mass is 284 g/mol. The summed E-state index contributed by atoms with van der Waals surface area (Å²) < 4.78 is 0. The van der Waals surface area contributed by atoms with Gasteiger partial charge in [0.05, 0.1) is 6.61 Å². The van der Waals surface area contributed by atoms with Crippen LogP contribution in [0.5, 0.6) is 0 Å². The predicted molar refractivity (Wildman–Crippen MR) is 87.0 cm³/mol. The number of hydrogen-bond acceptors (Lipinski definition) is 3. The minimum atomic E-state index is 0.282. The quantitative estimate of drug-likeness (QED) is 0.683. The van der Waals surface area contributed by atoms with Crippen molar-refractivity contribution in [3.63, 3.8) is 0 Å². The second kappa shape index (κ2) is 9.75. The van der Waals surface area contributed by atoms with Gasteiger partial charge in [0.2, 0.25) is 0 Å². The molecule has 1 rings (SSSR count). The summed E-state index contributed by atoms with van der Waals surface area (Å²) >= 11 is 0. The molecule has 4 atom stereocenters. The van der Waals surface area contributed by atoms with Gasteiger partial charge in [0, 0.05) is 19.1 Å². The molecule has 1 aliphatic rings. The Balaban J connectivity index is 2.63. The van der Waals surface area contributed by atoms with Crippen LogP contribution in [0.15, 0.2) is 0 Å². The van der Waals surface area contributed by atoms with Gasteiger partial charge in [-0.05, 0) is 56.5 Å². The first-order valence-electron chi connectivity index (χ1n) is 8.68. The van der Waals surface area contributed by atoms with Crippen LogP contribution in [-0.4, -0.2) is 48.8 Å². The molecule has 0 saturated heterocycles. The Morgan fingerprint density at radius 1 is 1.10 bits per heavy atom. The van der Waals surface area contributed by atoms with Gasteiger partial charge in [0.1, 0.15) is 0 Å². The molecule has 0 bridgehead atoms. The van der Waals surface area contributed by atoms with E-state index in [2.05, 4.69) is 37.9 Å². The Kier molecular flexibility index (Phi) is 8.74. The molecule has 0 heterocycles. The fourth-order valence-corrected chi connectivity index (χ4v) is 3.83. The third kappa shape index (κ3) is 5.71. The lowest BCUT2D eigenvalue weighted by atomic mass is 9.72. The lowest BCUT2D eigenvalue weighted by Gasteiger charge is -2.42. The molecule has 3 nitrogen and oxygen atoms in total. The van der Waals surface area contributed by atoms with Gasteiger partial charge in [-0.3, -0.25) is 0 Å². The zero-order valence-corrected chi connectivity index (χ0v) is 14.1. The highest BCUT2D eigenvalue weighted by molar-refractivity contribution is 4.89. The number of aliphatic hydroxyl groups is 1. The van der Waals surface area contributed by atoms with Gasteiger partial charge in [-0.2, -0.15) is 0 Å². The van der Waals surface area contributed by atoms with E-state index < -0.39 is 0 Å². The highest BCUT2D eigenvalue weighted by Crippen LogP contribution is 2.34. The maximum absolute atomic E-state index is 9.25. The van der Waals surface area contributed by atoms with Gasteiger partial charge in [0.25, 0.3) is 0 Å². The molecular weight excluding hydrogens is 248 g/mol. The number of aliphatic hydroxyl groups excluding tert-OH is 1. The van der Waals surface area contributed by atoms with Crippen LogP contribution in [0.25, 0.3) is 0 Å². The maximum atomic E-state index is 9.25. The van der Waals surface area contributed by atoms with E-state index in [0.29, 0.717) is 6.04 Å². The zero-order chi connectivity index (χ0) is 15.0. The summed E-state index contributed by atoms with van der Waals surface area (Å²) in [4.78, 5) is 2.46. The molecule has 2 N–H and O–H groups in total. The van der Waals surface area contributed by atoms with Gasteiger partial charge >= 0.3 is 0 Å². The summed E-state index contributed by atoms with van der Waals surface area (Å²) in [6, 6.07) is 0.659. The number of hydrogen-bond donors (Lipinski definition) is 2. The number of rotatable bonds is 9. The van der Waals surface area contributed by atoms with Crippen molar-refractivity contribution in [2.75, 3.05) is 32.8 Å². The van der Waals surface area contributed by atoms with E-state index in [-0.39, 0.29) is 6.61 Å². The molecule has 20 heavy (non-hydrogen) atoms. The van der Waals surface area contributed by atoms with Crippen molar-refractivity contribution < 1.29 is 5.11 Å². The minimum Gasteiger partial charge on any atom is -0.395 e. The lowest BCUT2D eigenvalue weighted by Crippen LogP contribution is -2.49. The first-order valence-corrected chi connectivity index (χ1v) is 8.68. The molecule has 4 unspecified atom stereocenters. The summed E-state index contributed by atoms with van der Waals surface area (Å²) in [5.74, 6) is 2.36. The summed E-state index contributed by atoms with van der Waals surface area (Å²) in [7, 11) is 0. The molecule has 0 aromatic carbocycles. The van der Waals surface area contributed by atoms with Crippen LogP contribution in [0.3, 0.4) is 0 Å². The van der Waals surface area contributed by atoms with E-state index in [4.69, 9.17) is 0 Å². The fourth-order valence-electron chi connectivity index (χ4n) is 3.83. The molecule has 1 fully saturated rings. The fraction of sp³-hybridized carbons (Fsp3) is 1.00. The maximum Gasteiger partial charge on any atom is 0.0558 e. The van der Waals surface area contributed by atoms with E-state index in [1.165, 1.54) is 25.7 Å². The van der Waals surface area contributed by atoms with Crippen LogP contribution in [0, 0.1) is 17.8 Å². The molecular formula is C17H36N2O. The molecule has 0 amide bonds. The van der Waals surface area contributed by atoms with Crippen LogP contribution in [0.1, 0.15) is 53.4 Å². The Labute approximate surface area is 126 Å². The van der Waals surface area contributed by atoms with Gasteiger partial charge in [-0.25, -0.2) is 0 Å². The van der Waals surface area contributed by atoms with Crippen molar-refractivity contribution in [3.8, 4) is 0 Å². The normalized spacial score (nSPS) is 30.9. The largest absolute Gasteiger partial charge is 0.395 e. The SMILES string of the molecule is CCCNC1CC(C)CC(C)C1CN(CCC)CCO. The minimum absolute atomic E-state index is 0.282. The average Bonchev–Trinajstić information content (AvgIpc) is 2.40. The Morgan fingerprint density at radius 3 is 2.45 bits per heavy atom. The van der Waals surface area contributed by atoms with E-state index in [1.807, 2.05) is 0 Å². The standard InChI is InChI=1S/C17H36N2O/c1-5-7-18-17-12-14(3)11-15(4)16(17)13-19(8-6-2)9-10-20/h14-18,20H,5-13H2,1-4H3. The average molecular weight is 284 g/mol. The summed E-state index contributed by atoms with van der Waals surface area (Å²) in [5, 5.41) is 13.0. The Hall–Kier alpha value is -0.120. The molecule has 0 spiro atoms. The second-order valence-electron chi connectivity index (χ2n) is 6.80. The van der Waals surface area contributed by atoms with Gasteiger partial charge in [0.15, 0.2) is 0 Å². The van der Waals surface area contributed by atoms with Crippen molar-refractivity contribution in [2.45, 2.75) is 59.4 Å². The van der Waals surface area contributed by atoms with Crippen LogP contribution in [-0.2, 0) is 0 Å². The highest BCUT2D eigenvalue weighted by atomic mass is 16.3. The third-order valence-electron chi connectivity index (χ3n) is 4.76. The van der Waals surface area contributed by atoms with E-state index in [0.717, 1.165) is 43.9 Å². The second-order valence-corrected chi connectivity index (χ2v) is 6.80. The van der Waals surface area contributed by atoms with Crippen molar-refractivity contribution >= 4 is 0 Å². The van der Waals surface area contributed by atoms with Crippen molar-refractivity contribution in [2.24, 2.45) is 17.8 Å². The predicted octanol–water partition coefficient (Wildman–Crippen LogP) is 2.74. The third-order valence-corrected chi connectivity index (χ3v) is 4.76. The number of nitrogens with zero attached hydrogens (tertiary/aromatic N) is 1. The van der Waals surface area contributed by atoms with E-state index in [9.17, 15) is 5.11 Å². The first-order chi connectivity index (χ1) is 9.62. The Bertz CT molecular complexity index is 241.